The van der Waals surface area contributed by atoms with E-state index in [1.807, 2.05) is 6.07 Å². The maximum atomic E-state index is 11.0. The largest absolute Gasteiger partial charge is 0.435 e. The molecule has 1 aliphatic rings. The van der Waals surface area contributed by atoms with E-state index in [9.17, 15) is 4.79 Å². The number of ether oxygens (including phenoxy) is 1. The van der Waals surface area contributed by atoms with Gasteiger partial charge in [-0.15, -0.1) is 0 Å². The fourth-order valence-electron chi connectivity index (χ4n) is 0.924. The molecule has 4 nitrogen and oxygen atoms in total. The number of cyclic esters (lactones) is 1. The summed E-state index contributed by atoms with van der Waals surface area (Å²) in [5.74, 6) is -0.449. The number of carbonyl (C=O) groups is 1. The Morgan fingerprint density at radius 1 is 1.69 bits per heavy atom. The third-order valence-corrected chi connectivity index (χ3v) is 1.69. The Morgan fingerprint density at radius 2 is 2.31 bits per heavy atom. The zero-order chi connectivity index (χ0) is 10.0. The molecule has 0 saturated carbocycles. The number of nitrogens with zero attached hydrogens (tertiary/aromatic N) is 2. The molecule has 0 atom stereocenters. The van der Waals surface area contributed by atoms with Crippen molar-refractivity contribution in [2.24, 2.45) is 0 Å². The molecule has 0 saturated heterocycles. The molecule has 1 heterocycles. The molecule has 0 amide bonds. The molecule has 4 heteroatoms. The van der Waals surface area contributed by atoms with E-state index in [0.717, 1.165) is 0 Å². The van der Waals surface area contributed by atoms with Gasteiger partial charge in [-0.25, -0.2) is 9.64 Å². The molecule has 0 bridgehead atoms. The first-order valence-electron chi connectivity index (χ1n) is 3.53. The number of carbonyl (C=O) groups excluding carboxylic acids is 1. The van der Waals surface area contributed by atoms with Crippen LogP contribution in [0.3, 0.4) is 0 Å². The van der Waals surface area contributed by atoms with Crippen LogP contribution in [0, 0.1) is 17.9 Å². The fourth-order valence-corrected chi connectivity index (χ4v) is 0.924. The molecule has 0 spiro atoms. The predicted molar refractivity (Wildman–Crippen MR) is 43.7 cm³/mol. The number of nitriles is 1. The van der Waals surface area contributed by atoms with Crippen LogP contribution in [0.4, 0.5) is 0 Å². The minimum Gasteiger partial charge on any atom is -0.435 e. The highest BCUT2D eigenvalue weighted by Gasteiger charge is 2.28. The molecule has 64 valence electrons. The van der Waals surface area contributed by atoms with E-state index in [1.165, 1.54) is 13.8 Å². The van der Waals surface area contributed by atoms with Gasteiger partial charge in [0.15, 0.2) is 5.76 Å². The fraction of sp³-hybridized carbons (Fsp3) is 0.222. The van der Waals surface area contributed by atoms with Crippen molar-refractivity contribution in [3.63, 3.8) is 0 Å². The molecular formula is C9H6N2O2. The van der Waals surface area contributed by atoms with E-state index in [1.54, 1.807) is 0 Å². The minimum atomic E-state index is -0.546. The second-order valence-electron chi connectivity index (χ2n) is 2.54. The summed E-state index contributed by atoms with van der Waals surface area (Å²) in [6.07, 6.45) is 0. The van der Waals surface area contributed by atoms with Gasteiger partial charge in [0, 0.05) is 5.57 Å². The lowest BCUT2D eigenvalue weighted by Gasteiger charge is -1.97. The van der Waals surface area contributed by atoms with Crippen LogP contribution in [0.25, 0.3) is 4.85 Å². The SMILES string of the molecule is [C-]#[N+]C1=C(C)C(=O)O/C1=C(\C)C#N. The van der Waals surface area contributed by atoms with Gasteiger partial charge in [0.1, 0.15) is 0 Å². The van der Waals surface area contributed by atoms with Crippen molar-refractivity contribution in [1.29, 1.82) is 5.26 Å². The molecule has 0 N–H and O–H groups in total. The zero-order valence-electron chi connectivity index (χ0n) is 7.21. The van der Waals surface area contributed by atoms with Gasteiger partial charge in [0.2, 0.25) is 5.70 Å². The molecular weight excluding hydrogens is 168 g/mol. The number of hydrogen-bond acceptors (Lipinski definition) is 3. The van der Waals surface area contributed by atoms with E-state index in [-0.39, 0.29) is 22.6 Å². The van der Waals surface area contributed by atoms with Crippen LogP contribution in [0.5, 0.6) is 0 Å². The molecule has 0 aromatic heterocycles. The molecule has 0 aromatic carbocycles. The summed E-state index contributed by atoms with van der Waals surface area (Å²) in [4.78, 5) is 14.2. The molecule has 1 aliphatic heterocycles. The maximum absolute atomic E-state index is 11.0. The Bertz CT molecular complexity index is 416. The Morgan fingerprint density at radius 3 is 2.77 bits per heavy atom. The first-order valence-corrected chi connectivity index (χ1v) is 3.53. The summed E-state index contributed by atoms with van der Waals surface area (Å²) in [5.41, 5.74) is 0.653. The highest BCUT2D eigenvalue weighted by molar-refractivity contribution is 5.94. The summed E-state index contributed by atoms with van der Waals surface area (Å²) >= 11 is 0. The first-order chi connectivity index (χ1) is 6.11. The normalized spacial score (nSPS) is 19.2. The Hall–Kier alpha value is -2.07. The molecule has 13 heavy (non-hydrogen) atoms. The van der Waals surface area contributed by atoms with Gasteiger partial charge < -0.3 is 4.74 Å². The second kappa shape index (κ2) is 3.12. The third kappa shape index (κ3) is 1.30. The van der Waals surface area contributed by atoms with Gasteiger partial charge in [-0.1, -0.05) is 0 Å². The first kappa shape index (κ1) is 9.02. The number of rotatable bonds is 0. The predicted octanol–water partition coefficient (Wildman–Crippen LogP) is 1.53. The lowest BCUT2D eigenvalue weighted by Crippen LogP contribution is -1.95. The van der Waals surface area contributed by atoms with Crippen LogP contribution in [-0.4, -0.2) is 5.97 Å². The van der Waals surface area contributed by atoms with Crippen molar-refractivity contribution >= 4 is 5.97 Å². The molecule has 1 rings (SSSR count). The van der Waals surface area contributed by atoms with Crippen molar-refractivity contribution in [2.45, 2.75) is 13.8 Å². The van der Waals surface area contributed by atoms with Crippen LogP contribution in [0.2, 0.25) is 0 Å². The van der Waals surface area contributed by atoms with Crippen molar-refractivity contribution in [3.8, 4) is 6.07 Å². The van der Waals surface area contributed by atoms with Gasteiger partial charge >= 0.3 is 5.97 Å². The quantitative estimate of drug-likeness (QED) is 0.318. The molecule has 0 fully saturated rings. The minimum absolute atomic E-state index is 0.0972. The summed E-state index contributed by atoms with van der Waals surface area (Å²) in [5, 5.41) is 8.56. The molecule has 0 unspecified atom stereocenters. The topological polar surface area (TPSA) is 54.5 Å². The summed E-state index contributed by atoms with van der Waals surface area (Å²) in [7, 11) is 0. The number of esters is 1. The van der Waals surface area contributed by atoms with Crippen LogP contribution in [0.1, 0.15) is 13.8 Å². The van der Waals surface area contributed by atoms with E-state index in [4.69, 9.17) is 16.6 Å². The average molecular weight is 174 g/mol. The van der Waals surface area contributed by atoms with Crippen LogP contribution < -0.4 is 0 Å². The summed E-state index contributed by atoms with van der Waals surface area (Å²) in [6, 6.07) is 1.84. The van der Waals surface area contributed by atoms with E-state index in [2.05, 4.69) is 4.85 Å². The van der Waals surface area contributed by atoms with Gasteiger partial charge in [-0.05, 0) is 13.8 Å². The van der Waals surface area contributed by atoms with Gasteiger partial charge in [0.25, 0.3) is 0 Å². The highest BCUT2D eigenvalue weighted by atomic mass is 16.5. The Balaban J connectivity index is 3.34. The number of allylic oxidation sites excluding steroid dienone is 1. The van der Waals surface area contributed by atoms with Crippen molar-refractivity contribution in [3.05, 3.63) is 34.0 Å². The number of hydrogen-bond donors (Lipinski definition) is 0. The van der Waals surface area contributed by atoms with Gasteiger partial charge in [-0.3, -0.25) is 0 Å². The smallest absolute Gasteiger partial charge is 0.327 e. The van der Waals surface area contributed by atoms with Crippen LogP contribution in [-0.2, 0) is 9.53 Å². The highest BCUT2D eigenvalue weighted by Crippen LogP contribution is 2.28. The zero-order valence-corrected chi connectivity index (χ0v) is 7.21. The second-order valence-corrected chi connectivity index (χ2v) is 2.54. The van der Waals surface area contributed by atoms with Crippen molar-refractivity contribution in [2.75, 3.05) is 0 Å². The van der Waals surface area contributed by atoms with Crippen molar-refractivity contribution in [1.82, 2.24) is 0 Å². The van der Waals surface area contributed by atoms with Crippen LogP contribution >= 0.6 is 0 Å². The Labute approximate surface area is 75.5 Å². The van der Waals surface area contributed by atoms with E-state index in [0.29, 0.717) is 0 Å². The summed E-state index contributed by atoms with van der Waals surface area (Å²) < 4.78 is 4.76. The lowest BCUT2D eigenvalue weighted by molar-refractivity contribution is -0.133. The van der Waals surface area contributed by atoms with E-state index < -0.39 is 5.97 Å². The third-order valence-electron chi connectivity index (χ3n) is 1.69. The standard InChI is InChI=1S/C9H6N2O2/c1-5(4-10)8-7(11-3)6(2)9(12)13-8/h1-2H3/b8-5+. The monoisotopic (exact) mass is 174 g/mol. The van der Waals surface area contributed by atoms with Crippen LogP contribution in [0.15, 0.2) is 22.6 Å². The maximum Gasteiger partial charge on any atom is 0.327 e. The lowest BCUT2D eigenvalue weighted by atomic mass is 10.2. The van der Waals surface area contributed by atoms with Gasteiger partial charge in [-0.2, -0.15) is 5.26 Å². The van der Waals surface area contributed by atoms with Gasteiger partial charge in [0.05, 0.1) is 18.2 Å². The molecule has 0 aliphatic carbocycles. The molecule has 0 radical (unpaired) electrons. The van der Waals surface area contributed by atoms with Crippen molar-refractivity contribution < 1.29 is 9.53 Å². The Kier molecular flexibility index (Phi) is 2.17. The molecule has 0 aromatic rings. The average Bonchev–Trinajstić information content (AvgIpc) is 2.42. The van der Waals surface area contributed by atoms with E-state index >= 15 is 0 Å². The summed E-state index contributed by atoms with van der Waals surface area (Å²) in [6.45, 7) is 9.82.